The number of nitrogens with one attached hydrogen (secondary N) is 2. The van der Waals surface area contributed by atoms with Gasteiger partial charge >= 0.3 is 0 Å². The lowest BCUT2D eigenvalue weighted by Crippen LogP contribution is -2.50. The summed E-state index contributed by atoms with van der Waals surface area (Å²) in [4.78, 5) is 26.0. The topological polar surface area (TPSA) is 72.9 Å². The summed E-state index contributed by atoms with van der Waals surface area (Å²) in [5.74, 6) is 1.01. The van der Waals surface area contributed by atoms with E-state index in [1.807, 2.05) is 11.1 Å². The van der Waals surface area contributed by atoms with E-state index >= 15 is 0 Å². The highest BCUT2D eigenvalue weighted by Crippen LogP contribution is 2.13. The van der Waals surface area contributed by atoms with E-state index in [9.17, 15) is 4.79 Å². The number of aliphatic imine (C=N–C) groups is 1. The molecule has 0 aromatic carbocycles. The Kier molecular flexibility index (Phi) is 11.1. The lowest BCUT2D eigenvalue weighted by molar-refractivity contribution is -0.130. The largest absolute Gasteiger partial charge is 0.357 e. The van der Waals surface area contributed by atoms with E-state index in [0.29, 0.717) is 6.54 Å². The maximum Gasteiger partial charge on any atom is 0.219 e. The Hall–Kier alpha value is -0.940. The van der Waals surface area contributed by atoms with Crippen LogP contribution in [0.2, 0.25) is 0 Å². The molecule has 9 heteroatoms. The lowest BCUT2D eigenvalue weighted by atomic mass is 10.3. The van der Waals surface area contributed by atoms with Gasteiger partial charge in [0.1, 0.15) is 5.01 Å². The second kappa shape index (κ2) is 12.4. The van der Waals surface area contributed by atoms with E-state index in [-0.39, 0.29) is 29.9 Å². The Labute approximate surface area is 177 Å². The molecule has 0 radical (unpaired) electrons. The molecule has 2 heterocycles. The number of nitrogens with zero attached hydrogens (tertiary/aromatic N) is 4. The van der Waals surface area contributed by atoms with Gasteiger partial charge in [0, 0.05) is 63.8 Å². The molecule has 1 aromatic heterocycles. The van der Waals surface area contributed by atoms with Crippen LogP contribution in [-0.2, 0) is 17.8 Å². The lowest BCUT2D eigenvalue weighted by Gasteiger charge is -2.34. The van der Waals surface area contributed by atoms with E-state index in [1.54, 1.807) is 18.3 Å². The first-order valence-electron chi connectivity index (χ1n) is 9.06. The zero-order valence-electron chi connectivity index (χ0n) is 16.0. The molecule has 0 saturated carbocycles. The SMILES string of the molecule is CCNC(=NCc1ncc(CC)s1)NCCN1CCN(C(C)=O)CC1.I. The van der Waals surface area contributed by atoms with E-state index in [1.165, 1.54) is 4.88 Å². The van der Waals surface area contributed by atoms with Gasteiger partial charge < -0.3 is 15.5 Å². The Bertz CT molecular complexity index is 571. The van der Waals surface area contributed by atoms with Crippen molar-refractivity contribution in [2.24, 2.45) is 4.99 Å². The number of amides is 1. The normalized spacial score (nSPS) is 15.5. The van der Waals surface area contributed by atoms with Gasteiger partial charge in [-0.05, 0) is 13.3 Å². The zero-order chi connectivity index (χ0) is 18.1. The third-order valence-electron chi connectivity index (χ3n) is 4.20. The van der Waals surface area contributed by atoms with E-state index in [0.717, 1.165) is 63.2 Å². The highest BCUT2D eigenvalue weighted by Gasteiger charge is 2.17. The van der Waals surface area contributed by atoms with Crippen LogP contribution >= 0.6 is 35.3 Å². The van der Waals surface area contributed by atoms with Gasteiger partial charge in [0.05, 0.1) is 6.54 Å². The Morgan fingerprint density at radius 3 is 2.58 bits per heavy atom. The van der Waals surface area contributed by atoms with Gasteiger partial charge in [-0.3, -0.25) is 9.69 Å². The number of aryl methyl sites for hydroxylation is 1. The second-order valence-corrected chi connectivity index (χ2v) is 7.24. The zero-order valence-corrected chi connectivity index (χ0v) is 19.1. The molecular formula is C17H31IN6OS. The highest BCUT2D eigenvalue weighted by atomic mass is 127. The van der Waals surface area contributed by atoms with Crippen LogP contribution in [0.5, 0.6) is 0 Å². The minimum absolute atomic E-state index is 0. The Balaban J connectivity index is 0.00000338. The number of aromatic nitrogens is 1. The Morgan fingerprint density at radius 1 is 1.27 bits per heavy atom. The predicted octanol–water partition coefficient (Wildman–Crippen LogP) is 1.54. The quantitative estimate of drug-likeness (QED) is 0.342. The fraction of sp³-hybridized carbons (Fsp3) is 0.706. The summed E-state index contributed by atoms with van der Waals surface area (Å²) < 4.78 is 0. The van der Waals surface area contributed by atoms with E-state index < -0.39 is 0 Å². The molecule has 1 fully saturated rings. The van der Waals surface area contributed by atoms with E-state index in [4.69, 9.17) is 0 Å². The maximum atomic E-state index is 11.4. The van der Waals surface area contributed by atoms with Crippen molar-refractivity contribution in [2.45, 2.75) is 33.7 Å². The summed E-state index contributed by atoms with van der Waals surface area (Å²) in [6.07, 6.45) is 2.97. The number of guanidine groups is 1. The van der Waals surface area contributed by atoms with Gasteiger partial charge in [-0.25, -0.2) is 9.98 Å². The predicted molar refractivity (Wildman–Crippen MR) is 118 cm³/mol. The van der Waals surface area contributed by atoms with Gasteiger partial charge in [-0.1, -0.05) is 6.92 Å². The second-order valence-electron chi connectivity index (χ2n) is 6.04. The van der Waals surface area contributed by atoms with Crippen LogP contribution < -0.4 is 10.6 Å². The van der Waals surface area contributed by atoms with Gasteiger partial charge in [0.25, 0.3) is 0 Å². The standard InChI is InChI=1S/C17H30N6OS.HI/c1-4-15-12-20-16(25-15)13-21-17(18-5-2)19-6-7-22-8-10-23(11-9-22)14(3)24;/h12H,4-11,13H2,1-3H3,(H2,18,19,21);1H. The highest BCUT2D eigenvalue weighted by molar-refractivity contribution is 14.0. The Morgan fingerprint density at radius 2 is 2.00 bits per heavy atom. The smallest absolute Gasteiger partial charge is 0.219 e. The number of thiazole rings is 1. The van der Waals surface area contributed by atoms with Crippen molar-refractivity contribution in [3.05, 3.63) is 16.1 Å². The molecule has 1 saturated heterocycles. The van der Waals surface area contributed by atoms with Crippen molar-refractivity contribution >= 4 is 47.2 Å². The van der Waals surface area contributed by atoms with E-state index in [2.05, 4.69) is 39.4 Å². The number of carbonyl (C=O) groups is 1. The molecule has 0 atom stereocenters. The van der Waals surface area contributed by atoms with Crippen LogP contribution in [0.3, 0.4) is 0 Å². The van der Waals surface area contributed by atoms with Crippen LogP contribution in [0.15, 0.2) is 11.2 Å². The first-order chi connectivity index (χ1) is 12.1. The molecule has 1 aliphatic rings. The molecule has 0 bridgehead atoms. The number of halogens is 1. The fourth-order valence-corrected chi connectivity index (χ4v) is 3.48. The van der Waals surface area contributed by atoms with Gasteiger partial charge in [-0.2, -0.15) is 0 Å². The molecule has 7 nitrogen and oxygen atoms in total. The summed E-state index contributed by atoms with van der Waals surface area (Å²) in [7, 11) is 0. The average molecular weight is 494 g/mol. The third-order valence-corrected chi connectivity index (χ3v) is 5.33. The number of hydrogen-bond donors (Lipinski definition) is 2. The first kappa shape index (κ1) is 23.1. The van der Waals surface area contributed by atoms with Gasteiger partial charge in [0.15, 0.2) is 5.96 Å². The molecule has 2 rings (SSSR count). The van der Waals surface area contributed by atoms with Crippen LogP contribution in [0.1, 0.15) is 30.7 Å². The van der Waals surface area contributed by atoms with Crippen molar-refractivity contribution in [3.63, 3.8) is 0 Å². The number of carbonyl (C=O) groups excluding carboxylic acids is 1. The first-order valence-corrected chi connectivity index (χ1v) is 9.87. The summed E-state index contributed by atoms with van der Waals surface area (Å²) in [5, 5.41) is 7.71. The molecule has 1 aromatic rings. The molecule has 148 valence electrons. The number of piperazine rings is 1. The minimum atomic E-state index is 0. The minimum Gasteiger partial charge on any atom is -0.357 e. The molecule has 1 aliphatic heterocycles. The third kappa shape index (κ3) is 7.75. The molecule has 1 amide bonds. The summed E-state index contributed by atoms with van der Waals surface area (Å²) in [6, 6.07) is 0. The van der Waals surface area contributed by atoms with Crippen LogP contribution in [0.4, 0.5) is 0 Å². The van der Waals surface area contributed by atoms with Gasteiger partial charge in [0.2, 0.25) is 5.91 Å². The molecule has 0 spiro atoms. The monoisotopic (exact) mass is 494 g/mol. The summed E-state index contributed by atoms with van der Waals surface area (Å²) >= 11 is 1.73. The average Bonchev–Trinajstić information content (AvgIpc) is 3.08. The van der Waals surface area contributed by atoms with Crippen LogP contribution in [0, 0.1) is 0 Å². The van der Waals surface area contributed by atoms with Crippen molar-refractivity contribution < 1.29 is 4.79 Å². The van der Waals surface area contributed by atoms with Crippen molar-refractivity contribution in [1.82, 2.24) is 25.4 Å². The molecule has 0 unspecified atom stereocenters. The van der Waals surface area contributed by atoms with Crippen LogP contribution in [-0.4, -0.2) is 72.5 Å². The van der Waals surface area contributed by atoms with Crippen molar-refractivity contribution in [2.75, 3.05) is 45.8 Å². The maximum absolute atomic E-state index is 11.4. The molecular weight excluding hydrogens is 463 g/mol. The molecule has 26 heavy (non-hydrogen) atoms. The molecule has 2 N–H and O–H groups in total. The van der Waals surface area contributed by atoms with Gasteiger partial charge in [-0.15, -0.1) is 35.3 Å². The summed E-state index contributed by atoms with van der Waals surface area (Å²) in [6.45, 7) is 12.6. The molecule has 0 aliphatic carbocycles. The van der Waals surface area contributed by atoms with Crippen molar-refractivity contribution in [3.8, 4) is 0 Å². The van der Waals surface area contributed by atoms with Crippen LogP contribution in [0.25, 0.3) is 0 Å². The number of rotatable bonds is 7. The number of hydrogen-bond acceptors (Lipinski definition) is 5. The van der Waals surface area contributed by atoms with Crippen molar-refractivity contribution in [1.29, 1.82) is 0 Å². The fourth-order valence-electron chi connectivity index (χ4n) is 2.69. The summed E-state index contributed by atoms with van der Waals surface area (Å²) in [5.41, 5.74) is 0.